The van der Waals surface area contributed by atoms with Crippen molar-refractivity contribution in [3.8, 4) is 0 Å². The number of anilines is 2. The molecule has 206 valence electrons. The number of thiazole rings is 1. The number of hydrogen-bond donors (Lipinski definition) is 3. The lowest BCUT2D eigenvalue weighted by atomic mass is 10.1. The Morgan fingerprint density at radius 2 is 1.46 bits per heavy atom. The molecule has 5 aromatic rings. The van der Waals surface area contributed by atoms with Gasteiger partial charge in [0.2, 0.25) is 5.91 Å². The summed E-state index contributed by atoms with van der Waals surface area (Å²) < 4.78 is 1.65. The van der Waals surface area contributed by atoms with E-state index < -0.39 is 0 Å². The van der Waals surface area contributed by atoms with Gasteiger partial charge in [0.25, 0.3) is 11.8 Å². The lowest BCUT2D eigenvalue weighted by Crippen LogP contribution is -2.26. The van der Waals surface area contributed by atoms with Crippen LogP contribution in [0, 0.1) is 13.8 Å². The molecule has 5 rings (SSSR count). The van der Waals surface area contributed by atoms with Gasteiger partial charge in [0.15, 0.2) is 4.34 Å². The molecule has 0 spiro atoms. The van der Waals surface area contributed by atoms with Crippen molar-refractivity contribution in [1.29, 1.82) is 0 Å². The predicted octanol–water partition coefficient (Wildman–Crippen LogP) is 6.83. The molecule has 3 N–H and O–H groups in total. The van der Waals surface area contributed by atoms with Crippen molar-refractivity contribution in [3.05, 3.63) is 119 Å². The second-order valence-electron chi connectivity index (χ2n) is 9.43. The third kappa shape index (κ3) is 7.00. The third-order valence-corrected chi connectivity index (χ3v) is 8.57. The van der Waals surface area contributed by atoms with Gasteiger partial charge in [0, 0.05) is 17.9 Å². The molecule has 0 saturated carbocycles. The minimum absolute atomic E-state index is 0.0916. The van der Waals surface area contributed by atoms with E-state index >= 15 is 0 Å². The van der Waals surface area contributed by atoms with Crippen molar-refractivity contribution in [2.75, 3.05) is 16.4 Å². The fourth-order valence-electron chi connectivity index (χ4n) is 4.31. The first kappa shape index (κ1) is 28.1. The molecule has 1 aromatic heterocycles. The first-order valence-corrected chi connectivity index (χ1v) is 14.8. The maximum absolute atomic E-state index is 13.2. The zero-order valence-electron chi connectivity index (χ0n) is 22.6. The quantitative estimate of drug-likeness (QED) is 0.166. The maximum Gasteiger partial charge on any atom is 0.256 e. The minimum Gasteiger partial charge on any atom is -0.348 e. The molecule has 3 amide bonds. The summed E-state index contributed by atoms with van der Waals surface area (Å²) in [4.78, 5) is 43.3. The summed E-state index contributed by atoms with van der Waals surface area (Å²) in [6.07, 6.45) is 0. The first-order chi connectivity index (χ1) is 19.9. The smallest absolute Gasteiger partial charge is 0.256 e. The summed E-state index contributed by atoms with van der Waals surface area (Å²) in [5, 5.41) is 8.79. The number of amides is 3. The van der Waals surface area contributed by atoms with Crippen LogP contribution in [-0.4, -0.2) is 28.5 Å². The van der Waals surface area contributed by atoms with Crippen molar-refractivity contribution in [1.82, 2.24) is 10.3 Å². The lowest BCUT2D eigenvalue weighted by molar-refractivity contribution is -0.113. The molecule has 9 heteroatoms. The van der Waals surface area contributed by atoms with Gasteiger partial charge in [-0.3, -0.25) is 14.4 Å². The largest absolute Gasteiger partial charge is 0.348 e. The molecule has 4 aromatic carbocycles. The van der Waals surface area contributed by atoms with E-state index in [0.29, 0.717) is 17.8 Å². The number of benzene rings is 4. The Morgan fingerprint density at radius 1 is 0.780 bits per heavy atom. The number of carbonyl (C=O) groups excluding carboxylic acids is 3. The molecule has 1 heterocycles. The van der Waals surface area contributed by atoms with Crippen LogP contribution in [0.3, 0.4) is 0 Å². The molecule has 0 atom stereocenters. The van der Waals surface area contributed by atoms with Crippen LogP contribution < -0.4 is 16.0 Å². The number of nitrogens with zero attached hydrogens (tertiary/aromatic N) is 1. The highest BCUT2D eigenvalue weighted by molar-refractivity contribution is 8.01. The van der Waals surface area contributed by atoms with Gasteiger partial charge in [0.05, 0.1) is 27.1 Å². The van der Waals surface area contributed by atoms with E-state index in [2.05, 4.69) is 20.9 Å². The average Bonchev–Trinajstić information content (AvgIpc) is 3.39. The van der Waals surface area contributed by atoms with Crippen LogP contribution >= 0.6 is 23.1 Å². The zero-order valence-corrected chi connectivity index (χ0v) is 24.2. The number of fused-ring (bicyclic) bond motifs is 1. The van der Waals surface area contributed by atoms with Crippen LogP contribution in [0.1, 0.15) is 37.4 Å². The van der Waals surface area contributed by atoms with E-state index in [0.717, 1.165) is 36.9 Å². The van der Waals surface area contributed by atoms with Gasteiger partial charge in [-0.1, -0.05) is 72.4 Å². The van der Waals surface area contributed by atoms with Gasteiger partial charge >= 0.3 is 0 Å². The number of rotatable bonds is 9. The van der Waals surface area contributed by atoms with Crippen LogP contribution in [0.5, 0.6) is 0 Å². The first-order valence-electron chi connectivity index (χ1n) is 13.0. The minimum atomic E-state index is -0.378. The summed E-state index contributed by atoms with van der Waals surface area (Å²) in [5.41, 5.74) is 5.83. The molecule has 0 fully saturated rings. The fourth-order valence-corrected chi connectivity index (χ4v) is 6.22. The predicted molar refractivity (Wildman–Crippen MR) is 167 cm³/mol. The van der Waals surface area contributed by atoms with Crippen molar-refractivity contribution in [3.63, 3.8) is 0 Å². The summed E-state index contributed by atoms with van der Waals surface area (Å²) in [5.74, 6) is -0.552. The van der Waals surface area contributed by atoms with E-state index in [1.807, 2.05) is 74.5 Å². The van der Waals surface area contributed by atoms with Crippen molar-refractivity contribution < 1.29 is 14.4 Å². The summed E-state index contributed by atoms with van der Waals surface area (Å²) >= 11 is 2.83. The van der Waals surface area contributed by atoms with Crippen molar-refractivity contribution in [2.45, 2.75) is 24.7 Å². The Bertz CT molecular complexity index is 1710. The number of para-hydroxylation sites is 1. The number of aryl methyl sites for hydroxylation is 2. The normalized spacial score (nSPS) is 10.8. The highest BCUT2D eigenvalue weighted by Gasteiger charge is 2.17. The van der Waals surface area contributed by atoms with Gasteiger partial charge in [-0.2, -0.15) is 0 Å². The van der Waals surface area contributed by atoms with Crippen LogP contribution in [0.4, 0.5) is 11.4 Å². The molecule has 0 aliphatic carbocycles. The highest BCUT2D eigenvalue weighted by atomic mass is 32.2. The zero-order chi connectivity index (χ0) is 28.8. The van der Waals surface area contributed by atoms with Crippen molar-refractivity contribution >= 4 is 62.4 Å². The number of aromatic nitrogens is 1. The summed E-state index contributed by atoms with van der Waals surface area (Å²) in [7, 11) is 0. The van der Waals surface area contributed by atoms with E-state index in [9.17, 15) is 14.4 Å². The number of thioether (sulfide) groups is 1. The average molecular weight is 581 g/mol. The Kier molecular flexibility index (Phi) is 8.76. The third-order valence-electron chi connectivity index (χ3n) is 6.41. The monoisotopic (exact) mass is 580 g/mol. The number of carbonyl (C=O) groups is 3. The fraction of sp³-hybridized carbons (Fsp3) is 0.125. The molecular weight excluding hydrogens is 553 g/mol. The number of hydrogen-bond acceptors (Lipinski definition) is 6. The molecule has 0 unspecified atom stereocenters. The van der Waals surface area contributed by atoms with Crippen LogP contribution in [-0.2, 0) is 11.3 Å². The Labute approximate surface area is 246 Å². The second kappa shape index (κ2) is 12.8. The summed E-state index contributed by atoms with van der Waals surface area (Å²) in [6, 6.07) is 27.7. The molecule has 0 aliphatic rings. The molecular formula is C32H28N4O3S2. The van der Waals surface area contributed by atoms with Gasteiger partial charge < -0.3 is 16.0 Å². The Morgan fingerprint density at radius 3 is 2.20 bits per heavy atom. The van der Waals surface area contributed by atoms with Gasteiger partial charge in [0.1, 0.15) is 0 Å². The molecule has 0 bridgehead atoms. The number of nitrogens with one attached hydrogen (secondary N) is 3. The van der Waals surface area contributed by atoms with E-state index in [-0.39, 0.29) is 29.0 Å². The van der Waals surface area contributed by atoms with Crippen LogP contribution in [0.25, 0.3) is 10.2 Å². The lowest BCUT2D eigenvalue weighted by Gasteiger charge is -2.11. The molecule has 41 heavy (non-hydrogen) atoms. The Balaban J connectivity index is 1.22. The summed E-state index contributed by atoms with van der Waals surface area (Å²) in [6.45, 7) is 4.31. The van der Waals surface area contributed by atoms with E-state index in [4.69, 9.17) is 0 Å². The standard InChI is InChI=1S/C32H28N4O3S2/c1-20-9-8-10-21(2)29(20)36-28(37)19-40-32-35-26-16-15-23(17-27(26)41-32)34-31(39)25-14-7-6-13-24(25)30(38)33-18-22-11-4-3-5-12-22/h3-17H,18-19H2,1-2H3,(H,33,38)(H,34,39)(H,36,37). The highest BCUT2D eigenvalue weighted by Crippen LogP contribution is 2.32. The van der Waals surface area contributed by atoms with Gasteiger partial charge in [-0.05, 0) is 60.9 Å². The van der Waals surface area contributed by atoms with Crippen LogP contribution in [0.15, 0.2) is 95.3 Å². The second-order valence-corrected chi connectivity index (χ2v) is 11.7. The van der Waals surface area contributed by atoms with E-state index in [1.54, 1.807) is 30.3 Å². The Hall–Kier alpha value is -4.47. The molecule has 0 saturated heterocycles. The molecule has 0 radical (unpaired) electrons. The molecule has 0 aliphatic heterocycles. The molecule has 7 nitrogen and oxygen atoms in total. The van der Waals surface area contributed by atoms with E-state index in [1.165, 1.54) is 23.1 Å². The maximum atomic E-state index is 13.2. The van der Waals surface area contributed by atoms with Gasteiger partial charge in [-0.15, -0.1) is 11.3 Å². The van der Waals surface area contributed by atoms with Crippen LogP contribution in [0.2, 0.25) is 0 Å². The SMILES string of the molecule is Cc1cccc(C)c1NC(=O)CSc1nc2ccc(NC(=O)c3ccccc3C(=O)NCc3ccccc3)cc2s1. The topological polar surface area (TPSA) is 100 Å². The van der Waals surface area contributed by atoms with Crippen molar-refractivity contribution in [2.24, 2.45) is 0 Å². The van der Waals surface area contributed by atoms with Gasteiger partial charge in [-0.25, -0.2) is 4.98 Å².